The van der Waals surface area contributed by atoms with E-state index in [1.54, 1.807) is 17.8 Å². The lowest BCUT2D eigenvalue weighted by molar-refractivity contribution is -0.122. The van der Waals surface area contributed by atoms with Crippen LogP contribution in [-0.2, 0) is 16.0 Å². The summed E-state index contributed by atoms with van der Waals surface area (Å²) in [6.07, 6.45) is 3.92. The Labute approximate surface area is 296 Å². The van der Waals surface area contributed by atoms with E-state index in [1.165, 1.54) is 36.4 Å². The van der Waals surface area contributed by atoms with E-state index < -0.39 is 18.0 Å². The molecule has 268 valence electrons. The molecule has 4 amide bonds. The van der Waals surface area contributed by atoms with Gasteiger partial charge in [-0.05, 0) is 67.1 Å². The second-order valence-corrected chi connectivity index (χ2v) is 13.7. The minimum absolute atomic E-state index is 0.00467. The molecule has 0 spiro atoms. The maximum absolute atomic E-state index is 12.7. The Bertz CT molecular complexity index is 2010. The summed E-state index contributed by atoms with van der Waals surface area (Å²) in [5.41, 5.74) is 5.77. The number of unbranched alkanes of at least 4 members (excludes halogenated alkanes) is 1. The van der Waals surface area contributed by atoms with Crippen molar-refractivity contribution in [1.29, 1.82) is 0 Å². The summed E-state index contributed by atoms with van der Waals surface area (Å²) >= 11 is 1.80. The van der Waals surface area contributed by atoms with Crippen LogP contribution < -0.4 is 27.1 Å². The molecule has 2 aromatic rings. The van der Waals surface area contributed by atoms with Gasteiger partial charge in [-0.25, -0.2) is 14.4 Å². The Kier molecular flexibility index (Phi) is 11.8. The standard InChI is InChI=1S/C36H38N4O10S/c37-36(49)40-21-15-23(51-18-21)3-1-2-4-31(43)38-11-12-39-32(44)10-6-19-13-27-30(17-28(19)42)50-29-16-22(41)7-9-25(29)33(27)24-8-5-20(34(45)46)14-26(24)35(47)48/h5,7-9,13-14,16-17,21,23,42H,1-4,6,10-12,15,18H2,(H,38,43)(H,39,44)(H,45,46)(H,47,48)(H3,37,40,49). The first-order valence-corrected chi connectivity index (χ1v) is 17.5. The first-order chi connectivity index (χ1) is 24.4. The fourth-order valence-corrected chi connectivity index (χ4v) is 7.63. The Morgan fingerprint density at radius 3 is 2.31 bits per heavy atom. The van der Waals surface area contributed by atoms with E-state index in [0.29, 0.717) is 33.7 Å². The zero-order valence-corrected chi connectivity index (χ0v) is 28.3. The number of thioether (sulfide) groups is 1. The number of phenols is 1. The molecule has 1 fully saturated rings. The molecule has 51 heavy (non-hydrogen) atoms. The van der Waals surface area contributed by atoms with E-state index in [-0.39, 0.29) is 83.0 Å². The van der Waals surface area contributed by atoms with Crippen LogP contribution in [0.2, 0.25) is 0 Å². The molecule has 3 aliphatic rings. The minimum Gasteiger partial charge on any atom is -0.508 e. The van der Waals surface area contributed by atoms with Gasteiger partial charge in [0.15, 0.2) is 5.43 Å². The number of fused-ring (bicyclic) bond motifs is 2. The molecule has 8 N–H and O–H groups in total. The average molecular weight is 719 g/mol. The van der Waals surface area contributed by atoms with E-state index in [4.69, 9.17) is 10.2 Å². The number of carbonyl (C=O) groups is 5. The van der Waals surface area contributed by atoms with Gasteiger partial charge in [0.1, 0.15) is 17.1 Å². The first-order valence-electron chi connectivity index (χ1n) is 16.4. The molecule has 1 aliphatic carbocycles. The highest BCUT2D eigenvalue weighted by molar-refractivity contribution is 8.00. The maximum atomic E-state index is 12.7. The van der Waals surface area contributed by atoms with Crippen LogP contribution in [0.3, 0.4) is 0 Å². The Morgan fingerprint density at radius 1 is 0.882 bits per heavy atom. The van der Waals surface area contributed by atoms with Crippen LogP contribution >= 0.6 is 11.8 Å². The molecule has 1 saturated heterocycles. The number of hydrogen-bond donors (Lipinski definition) is 7. The van der Waals surface area contributed by atoms with Crippen molar-refractivity contribution in [2.24, 2.45) is 5.73 Å². The summed E-state index contributed by atoms with van der Waals surface area (Å²) in [5, 5.41) is 39.4. The molecule has 0 bridgehead atoms. The smallest absolute Gasteiger partial charge is 0.336 e. The van der Waals surface area contributed by atoms with Gasteiger partial charge in [0.05, 0.1) is 11.1 Å². The van der Waals surface area contributed by atoms with Gasteiger partial charge in [-0.1, -0.05) is 12.5 Å². The normalized spacial score (nSPS) is 15.5. The van der Waals surface area contributed by atoms with Gasteiger partial charge in [-0.3, -0.25) is 14.4 Å². The molecule has 0 aromatic heterocycles. The van der Waals surface area contributed by atoms with Gasteiger partial charge in [0.25, 0.3) is 0 Å². The molecule has 2 atom stereocenters. The number of primary amides is 1. The van der Waals surface area contributed by atoms with Gasteiger partial charge in [-0.2, -0.15) is 11.8 Å². The van der Waals surface area contributed by atoms with Crippen LogP contribution in [0.5, 0.6) is 5.75 Å². The second-order valence-electron chi connectivity index (χ2n) is 12.3. The van der Waals surface area contributed by atoms with Crippen molar-refractivity contribution in [1.82, 2.24) is 16.0 Å². The van der Waals surface area contributed by atoms with Crippen molar-refractivity contribution in [3.8, 4) is 28.2 Å². The quantitative estimate of drug-likeness (QED) is 0.0686. The number of benzene rings is 3. The van der Waals surface area contributed by atoms with Gasteiger partial charge in [0, 0.05) is 71.6 Å². The number of carboxylic acids is 2. The van der Waals surface area contributed by atoms with E-state index >= 15 is 0 Å². The summed E-state index contributed by atoms with van der Waals surface area (Å²) in [6.45, 7) is 0.461. The molecule has 2 aromatic carbocycles. The lowest BCUT2D eigenvalue weighted by Gasteiger charge is -2.18. The number of nitrogens with two attached hydrogens (primary N) is 1. The van der Waals surface area contributed by atoms with Crippen LogP contribution in [-0.4, -0.2) is 75.2 Å². The van der Waals surface area contributed by atoms with Crippen molar-refractivity contribution >= 4 is 52.5 Å². The molecular weight excluding hydrogens is 680 g/mol. The van der Waals surface area contributed by atoms with Crippen LogP contribution in [0, 0.1) is 0 Å². The molecular formula is C36H38N4O10S. The Hall–Kier alpha value is -5.57. The lowest BCUT2D eigenvalue weighted by Crippen LogP contribution is -2.38. The number of urea groups is 1. The number of amides is 4. The highest BCUT2D eigenvalue weighted by atomic mass is 32.2. The maximum Gasteiger partial charge on any atom is 0.336 e. The van der Waals surface area contributed by atoms with Crippen LogP contribution in [0.4, 0.5) is 4.79 Å². The number of rotatable bonds is 15. The van der Waals surface area contributed by atoms with Crippen LogP contribution in [0.15, 0.2) is 57.7 Å². The number of carboxylic acid groups (broad SMARTS) is 2. The lowest BCUT2D eigenvalue weighted by atomic mass is 9.89. The summed E-state index contributed by atoms with van der Waals surface area (Å²) in [5.74, 6) is -2.29. The summed E-state index contributed by atoms with van der Waals surface area (Å²) in [7, 11) is 0. The second kappa shape index (κ2) is 16.4. The van der Waals surface area contributed by atoms with E-state index in [2.05, 4.69) is 16.0 Å². The first kappa shape index (κ1) is 36.7. The van der Waals surface area contributed by atoms with Gasteiger partial charge >= 0.3 is 18.0 Å². The molecule has 0 saturated carbocycles. The summed E-state index contributed by atoms with van der Waals surface area (Å²) < 4.78 is 5.93. The molecule has 2 aliphatic heterocycles. The number of phenolic OH excluding ortho intramolecular Hbond substituents is 1. The molecule has 14 nitrogen and oxygen atoms in total. The SMILES string of the molecule is NC(=O)NC1CSC(CCCCC(=O)NCCNC(=O)CCc2cc3c(-c4ccc(C(=O)O)cc4C(=O)O)c4ccc(=O)cc-4oc3cc2O)C1. The van der Waals surface area contributed by atoms with Gasteiger partial charge < -0.3 is 41.4 Å². The van der Waals surface area contributed by atoms with Crippen LogP contribution in [0.1, 0.15) is 64.8 Å². The van der Waals surface area contributed by atoms with Crippen molar-refractivity contribution < 1.29 is 43.7 Å². The molecule has 15 heteroatoms. The largest absolute Gasteiger partial charge is 0.508 e. The summed E-state index contributed by atoms with van der Waals surface area (Å²) in [4.78, 5) is 71.9. The Balaban J connectivity index is 1.19. The molecule has 2 unspecified atom stereocenters. The highest BCUT2D eigenvalue weighted by Crippen LogP contribution is 2.43. The van der Waals surface area contributed by atoms with E-state index in [9.17, 15) is 44.1 Å². The monoisotopic (exact) mass is 718 g/mol. The predicted molar refractivity (Wildman–Crippen MR) is 190 cm³/mol. The van der Waals surface area contributed by atoms with Crippen LogP contribution in [0.25, 0.3) is 33.4 Å². The fraction of sp³-hybridized carbons (Fsp3) is 0.333. The zero-order chi connectivity index (χ0) is 36.7. The van der Waals surface area contributed by atoms with Crippen molar-refractivity contribution in [3.05, 3.63) is 75.4 Å². The molecule has 5 rings (SSSR count). The third kappa shape index (κ3) is 9.36. The average Bonchev–Trinajstić information content (AvgIpc) is 3.52. The zero-order valence-electron chi connectivity index (χ0n) is 27.5. The minimum atomic E-state index is -1.36. The third-order valence-electron chi connectivity index (χ3n) is 8.66. The number of nitrogens with one attached hydrogen (secondary N) is 3. The number of aryl methyl sites for hydroxylation is 1. The highest BCUT2D eigenvalue weighted by Gasteiger charge is 2.26. The van der Waals surface area contributed by atoms with E-state index in [1.807, 2.05) is 0 Å². The topological polar surface area (TPSA) is 238 Å². The fourth-order valence-electron chi connectivity index (χ4n) is 6.21. The van der Waals surface area contributed by atoms with Crippen molar-refractivity contribution in [3.63, 3.8) is 0 Å². The van der Waals surface area contributed by atoms with Gasteiger partial charge in [-0.15, -0.1) is 0 Å². The van der Waals surface area contributed by atoms with Crippen molar-refractivity contribution in [2.75, 3.05) is 18.8 Å². The van der Waals surface area contributed by atoms with Gasteiger partial charge in [0.2, 0.25) is 11.8 Å². The number of hydrogen-bond acceptors (Lipinski definition) is 9. The van der Waals surface area contributed by atoms with Crippen molar-refractivity contribution in [2.45, 2.75) is 56.2 Å². The Morgan fingerprint density at radius 2 is 1.61 bits per heavy atom. The molecule has 2 heterocycles. The molecule has 0 radical (unpaired) electrons. The third-order valence-corrected chi connectivity index (χ3v) is 10.2. The number of carbonyl (C=O) groups excluding carboxylic acids is 3. The summed E-state index contributed by atoms with van der Waals surface area (Å²) in [6, 6.07) is 10.2. The number of aromatic hydroxyl groups is 1. The number of aromatic carboxylic acids is 2. The predicted octanol–water partition coefficient (Wildman–Crippen LogP) is 3.93. The van der Waals surface area contributed by atoms with E-state index in [0.717, 1.165) is 37.5 Å².